The molecule has 1 aromatic carbocycles. The number of benzene rings is 1. The molecule has 1 heterocycles. The van der Waals surface area contributed by atoms with Crippen LogP contribution >= 0.6 is 39.7 Å². The minimum Gasteiger partial charge on any atom is -0.393 e. The van der Waals surface area contributed by atoms with E-state index in [9.17, 15) is 4.79 Å². The van der Waals surface area contributed by atoms with E-state index in [1.54, 1.807) is 23.1 Å². The van der Waals surface area contributed by atoms with Gasteiger partial charge in [-0.2, -0.15) is 0 Å². The molecule has 1 fully saturated rings. The molecule has 0 saturated carbocycles. The van der Waals surface area contributed by atoms with Gasteiger partial charge in [0.1, 0.15) is 0 Å². The van der Waals surface area contributed by atoms with Crippen LogP contribution in [0.1, 0.15) is 23.2 Å². The maximum atomic E-state index is 12.5. The number of nitrogens with zero attached hydrogens (tertiary/aromatic N) is 1. The van der Waals surface area contributed by atoms with E-state index in [0.717, 1.165) is 19.4 Å². The van der Waals surface area contributed by atoms with Gasteiger partial charge < -0.3 is 10.6 Å². The summed E-state index contributed by atoms with van der Waals surface area (Å²) in [5.74, 6) is 0.114. The monoisotopic (exact) mass is 360 g/mol. The number of likely N-dealkylation sites (tertiary alicyclic amines) is 1. The molecular weight excluding hydrogens is 348 g/mol. The summed E-state index contributed by atoms with van der Waals surface area (Å²) in [5.41, 5.74) is 6.30. The lowest BCUT2D eigenvalue weighted by molar-refractivity contribution is 0.0702. The van der Waals surface area contributed by atoms with Crippen LogP contribution < -0.4 is 5.73 Å². The SMILES string of the molecule is NC(=S)C1CCCN(C(=O)c2ccc(Cl)cc2Br)C1. The maximum absolute atomic E-state index is 12.5. The van der Waals surface area contributed by atoms with E-state index in [-0.39, 0.29) is 11.8 Å². The Labute approximate surface area is 131 Å². The fraction of sp³-hybridized carbons (Fsp3) is 0.385. The van der Waals surface area contributed by atoms with Crippen LogP contribution in [-0.2, 0) is 0 Å². The zero-order valence-corrected chi connectivity index (χ0v) is 13.4. The summed E-state index contributed by atoms with van der Waals surface area (Å²) in [5, 5.41) is 0.600. The van der Waals surface area contributed by atoms with Gasteiger partial charge in [-0.05, 0) is 47.0 Å². The van der Waals surface area contributed by atoms with E-state index >= 15 is 0 Å². The van der Waals surface area contributed by atoms with Crippen molar-refractivity contribution < 1.29 is 4.79 Å². The molecule has 3 nitrogen and oxygen atoms in total. The molecule has 2 N–H and O–H groups in total. The van der Waals surface area contributed by atoms with Gasteiger partial charge in [0.25, 0.3) is 5.91 Å². The predicted molar refractivity (Wildman–Crippen MR) is 84.6 cm³/mol. The van der Waals surface area contributed by atoms with E-state index in [1.807, 2.05) is 0 Å². The third kappa shape index (κ3) is 3.46. The average Bonchev–Trinajstić information content (AvgIpc) is 2.38. The van der Waals surface area contributed by atoms with E-state index in [1.165, 1.54) is 0 Å². The van der Waals surface area contributed by atoms with Crippen LogP contribution in [0.4, 0.5) is 0 Å². The number of nitrogens with two attached hydrogens (primary N) is 1. The van der Waals surface area contributed by atoms with E-state index in [2.05, 4.69) is 15.9 Å². The van der Waals surface area contributed by atoms with Crippen LogP contribution in [0.5, 0.6) is 0 Å². The molecule has 1 saturated heterocycles. The Morgan fingerprint density at radius 3 is 2.89 bits per heavy atom. The molecule has 0 aromatic heterocycles. The molecule has 1 aliphatic heterocycles. The molecule has 0 spiro atoms. The highest BCUT2D eigenvalue weighted by Crippen LogP contribution is 2.25. The lowest BCUT2D eigenvalue weighted by Gasteiger charge is -2.32. The van der Waals surface area contributed by atoms with Gasteiger partial charge in [-0.3, -0.25) is 4.79 Å². The quantitative estimate of drug-likeness (QED) is 0.823. The summed E-state index contributed by atoms with van der Waals surface area (Å²) in [4.78, 5) is 14.8. The molecule has 1 aromatic rings. The first kappa shape index (κ1) is 14.8. The van der Waals surface area contributed by atoms with Crippen LogP contribution in [0.25, 0.3) is 0 Å². The first-order chi connectivity index (χ1) is 8.99. The van der Waals surface area contributed by atoms with Crippen molar-refractivity contribution in [2.24, 2.45) is 11.7 Å². The molecule has 6 heteroatoms. The number of carbonyl (C=O) groups is 1. The standard InChI is InChI=1S/C13H14BrClN2OS/c14-11-6-9(15)3-4-10(11)13(18)17-5-1-2-8(7-17)12(16)19/h3-4,6,8H,1-2,5,7H2,(H2,16,19). The molecular formula is C13H14BrClN2OS. The largest absolute Gasteiger partial charge is 0.393 e. The zero-order chi connectivity index (χ0) is 14.0. The second-order valence-corrected chi connectivity index (χ2v) is 6.38. The number of hydrogen-bond acceptors (Lipinski definition) is 2. The Hall–Kier alpha value is -0.650. The number of halogens is 2. The summed E-state index contributed by atoms with van der Waals surface area (Å²) < 4.78 is 0.711. The van der Waals surface area contributed by atoms with Crippen molar-refractivity contribution in [2.45, 2.75) is 12.8 Å². The summed E-state index contributed by atoms with van der Waals surface area (Å²) in [7, 11) is 0. The highest BCUT2D eigenvalue weighted by molar-refractivity contribution is 9.10. The molecule has 102 valence electrons. The molecule has 19 heavy (non-hydrogen) atoms. The molecule has 0 bridgehead atoms. The number of hydrogen-bond donors (Lipinski definition) is 1. The first-order valence-electron chi connectivity index (χ1n) is 6.02. The second kappa shape index (κ2) is 6.20. The van der Waals surface area contributed by atoms with Gasteiger partial charge in [-0.25, -0.2) is 0 Å². The van der Waals surface area contributed by atoms with Crippen molar-refractivity contribution >= 4 is 50.6 Å². The van der Waals surface area contributed by atoms with Crippen LogP contribution in [0.3, 0.4) is 0 Å². The van der Waals surface area contributed by atoms with Gasteiger partial charge in [0.05, 0.1) is 10.6 Å². The van der Waals surface area contributed by atoms with Gasteiger partial charge in [0.15, 0.2) is 0 Å². The van der Waals surface area contributed by atoms with Crippen molar-refractivity contribution in [3.8, 4) is 0 Å². The highest BCUT2D eigenvalue weighted by atomic mass is 79.9. The number of thiocarbonyl (C=S) groups is 1. The summed E-state index contributed by atoms with van der Waals surface area (Å²) in [6, 6.07) is 5.18. The van der Waals surface area contributed by atoms with Gasteiger partial charge in [-0.15, -0.1) is 0 Å². The predicted octanol–water partition coefficient (Wildman–Crippen LogP) is 3.24. The van der Waals surface area contributed by atoms with Gasteiger partial charge in [0, 0.05) is 28.5 Å². The number of amides is 1. The molecule has 1 unspecified atom stereocenters. The maximum Gasteiger partial charge on any atom is 0.255 e. The van der Waals surface area contributed by atoms with E-state index in [4.69, 9.17) is 29.6 Å². The molecule has 2 rings (SSSR count). The lowest BCUT2D eigenvalue weighted by atomic mass is 9.97. The van der Waals surface area contributed by atoms with E-state index < -0.39 is 0 Å². The van der Waals surface area contributed by atoms with Crippen LogP contribution in [-0.4, -0.2) is 28.9 Å². The minimum atomic E-state index is -0.00973. The summed E-state index contributed by atoms with van der Waals surface area (Å²) in [6.45, 7) is 1.34. The fourth-order valence-electron chi connectivity index (χ4n) is 2.23. The Morgan fingerprint density at radius 1 is 1.53 bits per heavy atom. The van der Waals surface area contributed by atoms with Gasteiger partial charge in [-0.1, -0.05) is 23.8 Å². The van der Waals surface area contributed by atoms with Gasteiger partial charge >= 0.3 is 0 Å². The second-order valence-electron chi connectivity index (χ2n) is 4.62. The fourth-order valence-corrected chi connectivity index (χ4v) is 3.27. The van der Waals surface area contributed by atoms with E-state index in [0.29, 0.717) is 26.6 Å². The average molecular weight is 362 g/mol. The Bertz CT molecular complexity index is 523. The van der Waals surface area contributed by atoms with Crippen LogP contribution in [0.2, 0.25) is 5.02 Å². The third-order valence-electron chi connectivity index (χ3n) is 3.27. The lowest BCUT2D eigenvalue weighted by Crippen LogP contribution is -2.43. The van der Waals surface area contributed by atoms with Crippen molar-refractivity contribution in [1.29, 1.82) is 0 Å². The third-order valence-corrected chi connectivity index (χ3v) is 4.50. The topological polar surface area (TPSA) is 46.3 Å². The molecule has 1 atom stereocenters. The normalized spacial score (nSPS) is 19.3. The Morgan fingerprint density at radius 2 is 2.26 bits per heavy atom. The number of carbonyl (C=O) groups excluding carboxylic acids is 1. The number of rotatable bonds is 2. The zero-order valence-electron chi connectivity index (χ0n) is 10.2. The molecule has 0 aliphatic carbocycles. The van der Waals surface area contributed by atoms with Crippen LogP contribution in [0.15, 0.2) is 22.7 Å². The van der Waals surface area contributed by atoms with Gasteiger partial charge in [0.2, 0.25) is 0 Å². The first-order valence-corrected chi connectivity index (χ1v) is 7.60. The summed E-state index contributed by atoms with van der Waals surface area (Å²) in [6.07, 6.45) is 1.89. The Kier molecular flexibility index (Phi) is 4.81. The molecule has 1 amide bonds. The van der Waals surface area contributed by atoms with Crippen molar-refractivity contribution in [3.63, 3.8) is 0 Å². The molecule has 0 radical (unpaired) electrons. The summed E-state index contributed by atoms with van der Waals surface area (Å²) >= 11 is 14.3. The van der Waals surface area contributed by atoms with Crippen molar-refractivity contribution in [1.82, 2.24) is 4.90 Å². The molecule has 1 aliphatic rings. The van der Waals surface area contributed by atoms with Crippen molar-refractivity contribution in [2.75, 3.05) is 13.1 Å². The Balaban J connectivity index is 2.17. The van der Waals surface area contributed by atoms with Crippen LogP contribution in [0, 0.1) is 5.92 Å². The highest BCUT2D eigenvalue weighted by Gasteiger charge is 2.26. The smallest absolute Gasteiger partial charge is 0.255 e. The van der Waals surface area contributed by atoms with Crippen molar-refractivity contribution in [3.05, 3.63) is 33.3 Å². The minimum absolute atomic E-state index is 0.00973. The number of piperidine rings is 1.